The third-order valence-electron chi connectivity index (χ3n) is 3.63. The number of nitrogens with one attached hydrogen (secondary N) is 2. The fourth-order valence-electron chi connectivity index (χ4n) is 2.13. The molecule has 0 amide bonds. The average molecular weight is 415 g/mol. The first-order valence-corrected chi connectivity index (χ1v) is 8.43. The van der Waals surface area contributed by atoms with E-state index in [4.69, 9.17) is 0 Å². The Morgan fingerprint density at radius 1 is 1.30 bits per heavy atom. The standard InChI is InChI=1S/C14H29N3OS.HI/c1-5-15-12(16-10-13(2,3)19-4)17-11-14(18)8-6-7-9-14;/h18H,5-11H2,1-4H3,(H2,15,16,17);1H. The highest BCUT2D eigenvalue weighted by Crippen LogP contribution is 2.28. The largest absolute Gasteiger partial charge is 0.388 e. The number of rotatable bonds is 6. The van der Waals surface area contributed by atoms with E-state index in [1.165, 1.54) is 0 Å². The zero-order valence-corrected chi connectivity index (χ0v) is 16.3. The number of hydrogen-bond donors (Lipinski definition) is 3. The number of aliphatic imine (C=N–C) groups is 1. The predicted molar refractivity (Wildman–Crippen MR) is 100 cm³/mol. The van der Waals surface area contributed by atoms with Gasteiger partial charge < -0.3 is 15.7 Å². The number of halogens is 1. The van der Waals surface area contributed by atoms with Crippen LogP contribution in [0.15, 0.2) is 4.99 Å². The average Bonchev–Trinajstić information content (AvgIpc) is 2.80. The van der Waals surface area contributed by atoms with Crippen LogP contribution in [0, 0.1) is 0 Å². The second-order valence-corrected chi connectivity index (χ2v) is 7.46. The van der Waals surface area contributed by atoms with Crippen molar-refractivity contribution in [1.82, 2.24) is 10.6 Å². The van der Waals surface area contributed by atoms with E-state index in [1.54, 1.807) is 0 Å². The van der Waals surface area contributed by atoms with Crippen molar-refractivity contribution in [3.8, 4) is 0 Å². The third kappa shape index (κ3) is 7.36. The zero-order chi connectivity index (χ0) is 14.4. The minimum absolute atomic E-state index is 0. The SMILES string of the molecule is CCNC(=NCC(C)(C)SC)NCC1(O)CCCC1.I. The Labute approximate surface area is 145 Å². The van der Waals surface area contributed by atoms with E-state index in [9.17, 15) is 5.11 Å². The topological polar surface area (TPSA) is 56.7 Å². The quantitative estimate of drug-likeness (QED) is 0.355. The van der Waals surface area contributed by atoms with Gasteiger partial charge in [0.2, 0.25) is 0 Å². The van der Waals surface area contributed by atoms with Crippen molar-refractivity contribution >= 4 is 41.7 Å². The minimum Gasteiger partial charge on any atom is -0.388 e. The first-order valence-electron chi connectivity index (χ1n) is 7.20. The van der Waals surface area contributed by atoms with Crippen molar-refractivity contribution in [3.05, 3.63) is 0 Å². The number of guanidine groups is 1. The summed E-state index contributed by atoms with van der Waals surface area (Å²) in [4.78, 5) is 4.61. The van der Waals surface area contributed by atoms with Crippen LogP contribution in [0.5, 0.6) is 0 Å². The van der Waals surface area contributed by atoms with Crippen LogP contribution in [0.3, 0.4) is 0 Å². The molecule has 0 aromatic rings. The first kappa shape index (κ1) is 20.3. The van der Waals surface area contributed by atoms with Crippen LogP contribution < -0.4 is 10.6 Å². The summed E-state index contributed by atoms with van der Waals surface area (Å²) in [6.07, 6.45) is 6.17. The summed E-state index contributed by atoms with van der Waals surface area (Å²) in [5, 5.41) is 16.9. The highest BCUT2D eigenvalue weighted by Gasteiger charge is 2.31. The molecule has 4 nitrogen and oxygen atoms in total. The van der Waals surface area contributed by atoms with Gasteiger partial charge in [-0.1, -0.05) is 12.8 Å². The molecule has 0 aromatic heterocycles. The Morgan fingerprint density at radius 2 is 1.90 bits per heavy atom. The molecule has 1 aliphatic rings. The Kier molecular flexibility index (Phi) is 9.50. The van der Waals surface area contributed by atoms with Gasteiger partial charge in [-0.15, -0.1) is 24.0 Å². The summed E-state index contributed by atoms with van der Waals surface area (Å²) in [5.74, 6) is 0.810. The van der Waals surface area contributed by atoms with Gasteiger partial charge in [0.05, 0.1) is 12.1 Å². The van der Waals surface area contributed by atoms with Crippen LogP contribution in [-0.2, 0) is 0 Å². The van der Waals surface area contributed by atoms with Crippen LogP contribution >= 0.6 is 35.7 Å². The second-order valence-electron chi connectivity index (χ2n) is 5.94. The Bertz CT molecular complexity index is 305. The number of nitrogens with zero attached hydrogens (tertiary/aromatic N) is 1. The Balaban J connectivity index is 0.00000361. The number of thioether (sulfide) groups is 1. The van der Waals surface area contributed by atoms with Crippen molar-refractivity contribution in [2.75, 3.05) is 25.9 Å². The van der Waals surface area contributed by atoms with Crippen LogP contribution in [0.4, 0.5) is 0 Å². The monoisotopic (exact) mass is 415 g/mol. The molecule has 1 aliphatic carbocycles. The van der Waals surface area contributed by atoms with Gasteiger partial charge in [0.15, 0.2) is 5.96 Å². The summed E-state index contributed by atoms with van der Waals surface area (Å²) in [6.45, 7) is 8.64. The van der Waals surface area contributed by atoms with Crippen LogP contribution in [-0.4, -0.2) is 47.3 Å². The maximum Gasteiger partial charge on any atom is 0.191 e. The highest BCUT2D eigenvalue weighted by molar-refractivity contribution is 14.0. The molecule has 0 radical (unpaired) electrons. The molecule has 0 aromatic carbocycles. The van der Waals surface area contributed by atoms with E-state index < -0.39 is 5.60 Å². The van der Waals surface area contributed by atoms with E-state index in [-0.39, 0.29) is 28.7 Å². The van der Waals surface area contributed by atoms with Crippen LogP contribution in [0.25, 0.3) is 0 Å². The molecular formula is C14H30IN3OS. The molecule has 1 saturated carbocycles. The van der Waals surface area contributed by atoms with Gasteiger partial charge in [-0.3, -0.25) is 4.99 Å². The molecule has 20 heavy (non-hydrogen) atoms. The van der Waals surface area contributed by atoms with Gasteiger partial charge in [0.1, 0.15) is 0 Å². The van der Waals surface area contributed by atoms with Crippen molar-refractivity contribution in [1.29, 1.82) is 0 Å². The van der Waals surface area contributed by atoms with Crippen LogP contribution in [0.1, 0.15) is 46.5 Å². The van der Waals surface area contributed by atoms with Gasteiger partial charge in [0.25, 0.3) is 0 Å². The molecule has 0 saturated heterocycles. The smallest absolute Gasteiger partial charge is 0.191 e. The maximum absolute atomic E-state index is 10.3. The molecule has 120 valence electrons. The predicted octanol–water partition coefficient (Wildman–Crippen LogP) is 2.61. The molecule has 1 rings (SSSR count). The van der Waals surface area contributed by atoms with Gasteiger partial charge in [-0.2, -0.15) is 11.8 Å². The molecule has 1 fully saturated rings. The second kappa shape index (κ2) is 9.35. The summed E-state index contributed by atoms with van der Waals surface area (Å²) in [7, 11) is 0. The lowest BCUT2D eigenvalue weighted by molar-refractivity contribution is 0.0522. The minimum atomic E-state index is -0.536. The van der Waals surface area contributed by atoms with Gasteiger partial charge in [0, 0.05) is 17.8 Å². The molecular weight excluding hydrogens is 385 g/mol. The summed E-state index contributed by atoms with van der Waals surface area (Å²) >= 11 is 1.82. The summed E-state index contributed by atoms with van der Waals surface area (Å²) < 4.78 is 0.145. The summed E-state index contributed by atoms with van der Waals surface area (Å²) in [6, 6.07) is 0. The summed E-state index contributed by atoms with van der Waals surface area (Å²) in [5.41, 5.74) is -0.536. The zero-order valence-electron chi connectivity index (χ0n) is 13.2. The molecule has 0 heterocycles. The number of aliphatic hydroxyl groups is 1. The first-order chi connectivity index (χ1) is 8.91. The molecule has 6 heteroatoms. The van der Waals surface area contributed by atoms with E-state index in [1.807, 2.05) is 11.8 Å². The fourth-order valence-corrected chi connectivity index (χ4v) is 2.33. The van der Waals surface area contributed by atoms with Crippen molar-refractivity contribution in [3.63, 3.8) is 0 Å². The van der Waals surface area contributed by atoms with Crippen molar-refractivity contribution in [2.24, 2.45) is 4.99 Å². The molecule has 0 unspecified atom stereocenters. The third-order valence-corrected chi connectivity index (χ3v) is 4.87. The van der Waals surface area contributed by atoms with Crippen molar-refractivity contribution in [2.45, 2.75) is 56.8 Å². The Morgan fingerprint density at radius 3 is 2.40 bits per heavy atom. The fraction of sp³-hybridized carbons (Fsp3) is 0.929. The van der Waals surface area contributed by atoms with Gasteiger partial charge in [-0.05, 0) is 39.9 Å². The van der Waals surface area contributed by atoms with Crippen molar-refractivity contribution < 1.29 is 5.11 Å². The molecule has 0 spiro atoms. The molecule has 0 bridgehead atoms. The molecule has 3 N–H and O–H groups in total. The lowest BCUT2D eigenvalue weighted by Gasteiger charge is -2.25. The Hall–Kier alpha value is 0.310. The lowest BCUT2D eigenvalue weighted by atomic mass is 10.0. The van der Waals surface area contributed by atoms with E-state index in [0.29, 0.717) is 6.54 Å². The van der Waals surface area contributed by atoms with E-state index in [0.717, 1.165) is 44.7 Å². The van der Waals surface area contributed by atoms with E-state index in [2.05, 4.69) is 42.7 Å². The molecule has 0 atom stereocenters. The lowest BCUT2D eigenvalue weighted by Crippen LogP contribution is -2.46. The van der Waals surface area contributed by atoms with E-state index >= 15 is 0 Å². The van der Waals surface area contributed by atoms with Gasteiger partial charge in [-0.25, -0.2) is 0 Å². The molecule has 0 aliphatic heterocycles. The highest BCUT2D eigenvalue weighted by atomic mass is 127. The number of hydrogen-bond acceptors (Lipinski definition) is 3. The van der Waals surface area contributed by atoms with Crippen LogP contribution in [0.2, 0.25) is 0 Å². The van der Waals surface area contributed by atoms with Gasteiger partial charge >= 0.3 is 0 Å². The normalized spacial score (nSPS) is 18.6. The maximum atomic E-state index is 10.3.